The number of morpholine rings is 1. The standard InChI is InChI=1S/C9H11N5O/c10-5-7-6-14(3-4-15-7)9-2-1-8(11)12-13-9/h1-2,7H,3-4,6H2,(H2,11,12). The molecule has 1 aliphatic heterocycles. The fourth-order valence-electron chi connectivity index (χ4n) is 1.44. The summed E-state index contributed by atoms with van der Waals surface area (Å²) in [5.74, 6) is 1.12. The summed E-state index contributed by atoms with van der Waals surface area (Å²) in [6.07, 6.45) is -0.391. The number of anilines is 2. The van der Waals surface area contributed by atoms with Gasteiger partial charge in [-0.15, -0.1) is 10.2 Å². The lowest BCUT2D eigenvalue weighted by molar-refractivity contribution is 0.0761. The first-order valence-corrected chi connectivity index (χ1v) is 4.65. The minimum atomic E-state index is -0.391. The molecular weight excluding hydrogens is 194 g/mol. The minimum Gasteiger partial charge on any atom is -0.382 e. The summed E-state index contributed by atoms with van der Waals surface area (Å²) >= 11 is 0. The van der Waals surface area contributed by atoms with Gasteiger partial charge in [-0.1, -0.05) is 0 Å². The van der Waals surface area contributed by atoms with Crippen molar-refractivity contribution in [2.75, 3.05) is 30.3 Å². The SMILES string of the molecule is N#CC1CN(c2ccc(N)nn2)CCO1. The lowest BCUT2D eigenvalue weighted by Crippen LogP contribution is -2.42. The molecule has 1 saturated heterocycles. The molecular formula is C9H11N5O. The third kappa shape index (κ3) is 2.14. The number of nitrogens with zero attached hydrogens (tertiary/aromatic N) is 4. The molecule has 1 atom stereocenters. The van der Waals surface area contributed by atoms with E-state index in [0.717, 1.165) is 12.4 Å². The van der Waals surface area contributed by atoms with E-state index in [0.29, 0.717) is 19.0 Å². The van der Waals surface area contributed by atoms with Gasteiger partial charge in [-0.3, -0.25) is 0 Å². The molecule has 15 heavy (non-hydrogen) atoms. The van der Waals surface area contributed by atoms with Crippen LogP contribution in [0.25, 0.3) is 0 Å². The Morgan fingerprint density at radius 1 is 1.53 bits per heavy atom. The van der Waals surface area contributed by atoms with Gasteiger partial charge in [-0.2, -0.15) is 5.26 Å². The van der Waals surface area contributed by atoms with E-state index < -0.39 is 6.10 Å². The highest BCUT2D eigenvalue weighted by molar-refractivity contribution is 5.42. The van der Waals surface area contributed by atoms with Crippen molar-refractivity contribution in [2.24, 2.45) is 0 Å². The Hall–Kier alpha value is -1.87. The first kappa shape index (κ1) is 9.68. The van der Waals surface area contributed by atoms with Crippen molar-refractivity contribution < 1.29 is 4.74 Å². The Labute approximate surface area is 87.3 Å². The predicted molar refractivity (Wildman–Crippen MR) is 54.0 cm³/mol. The first-order valence-electron chi connectivity index (χ1n) is 4.65. The van der Waals surface area contributed by atoms with Crippen LogP contribution in [-0.4, -0.2) is 36.0 Å². The van der Waals surface area contributed by atoms with Crippen molar-refractivity contribution in [2.45, 2.75) is 6.10 Å². The topological polar surface area (TPSA) is 88.1 Å². The van der Waals surface area contributed by atoms with Gasteiger partial charge in [0.05, 0.1) is 19.2 Å². The molecule has 6 nitrogen and oxygen atoms in total. The first-order chi connectivity index (χ1) is 7.29. The van der Waals surface area contributed by atoms with Crippen molar-refractivity contribution >= 4 is 11.6 Å². The van der Waals surface area contributed by atoms with Crippen LogP contribution in [0.5, 0.6) is 0 Å². The second-order valence-corrected chi connectivity index (χ2v) is 3.25. The molecule has 2 rings (SSSR count). The van der Waals surface area contributed by atoms with E-state index in [9.17, 15) is 0 Å². The summed E-state index contributed by atoms with van der Waals surface area (Å²) in [5.41, 5.74) is 5.44. The number of nitriles is 1. The number of hydrogen-bond donors (Lipinski definition) is 1. The number of aromatic nitrogens is 2. The van der Waals surface area contributed by atoms with Gasteiger partial charge in [-0.05, 0) is 12.1 Å². The summed E-state index contributed by atoms with van der Waals surface area (Å²) in [5, 5.41) is 16.5. The van der Waals surface area contributed by atoms with E-state index in [2.05, 4.69) is 16.3 Å². The molecule has 1 aliphatic rings. The van der Waals surface area contributed by atoms with Crippen LogP contribution in [-0.2, 0) is 4.74 Å². The molecule has 0 spiro atoms. The van der Waals surface area contributed by atoms with Crippen LogP contribution < -0.4 is 10.6 Å². The summed E-state index contributed by atoms with van der Waals surface area (Å²) in [6, 6.07) is 5.57. The Morgan fingerprint density at radius 2 is 2.40 bits per heavy atom. The monoisotopic (exact) mass is 205 g/mol. The van der Waals surface area contributed by atoms with E-state index in [1.54, 1.807) is 12.1 Å². The molecule has 0 amide bonds. The quantitative estimate of drug-likeness (QED) is 0.682. The van der Waals surface area contributed by atoms with E-state index in [-0.39, 0.29) is 0 Å². The van der Waals surface area contributed by atoms with Crippen LogP contribution in [0.15, 0.2) is 12.1 Å². The van der Waals surface area contributed by atoms with Crippen LogP contribution >= 0.6 is 0 Å². The molecule has 0 saturated carbocycles. The predicted octanol–water partition coefficient (Wildman–Crippen LogP) is -0.212. The lowest BCUT2D eigenvalue weighted by atomic mass is 10.3. The van der Waals surface area contributed by atoms with Crippen LogP contribution in [0.2, 0.25) is 0 Å². The van der Waals surface area contributed by atoms with Crippen molar-refractivity contribution in [1.29, 1.82) is 5.26 Å². The van der Waals surface area contributed by atoms with Crippen molar-refractivity contribution in [1.82, 2.24) is 10.2 Å². The molecule has 0 radical (unpaired) electrons. The molecule has 2 heterocycles. The molecule has 1 aromatic rings. The molecule has 0 aromatic carbocycles. The summed E-state index contributed by atoms with van der Waals surface area (Å²) in [7, 11) is 0. The molecule has 0 aliphatic carbocycles. The Kier molecular flexibility index (Phi) is 2.65. The smallest absolute Gasteiger partial charge is 0.161 e. The number of hydrogen-bond acceptors (Lipinski definition) is 6. The zero-order valence-electron chi connectivity index (χ0n) is 8.13. The van der Waals surface area contributed by atoms with Crippen LogP contribution in [0.3, 0.4) is 0 Å². The van der Waals surface area contributed by atoms with Crippen molar-refractivity contribution in [3.63, 3.8) is 0 Å². The van der Waals surface area contributed by atoms with Gasteiger partial charge < -0.3 is 15.4 Å². The van der Waals surface area contributed by atoms with Gasteiger partial charge in [0.1, 0.15) is 5.82 Å². The van der Waals surface area contributed by atoms with Gasteiger partial charge in [-0.25, -0.2) is 0 Å². The Morgan fingerprint density at radius 3 is 3.07 bits per heavy atom. The molecule has 1 aromatic heterocycles. The number of ether oxygens (including phenoxy) is 1. The summed E-state index contributed by atoms with van der Waals surface area (Å²) < 4.78 is 5.23. The van der Waals surface area contributed by atoms with Gasteiger partial charge >= 0.3 is 0 Å². The molecule has 1 fully saturated rings. The minimum absolute atomic E-state index is 0.391. The largest absolute Gasteiger partial charge is 0.382 e. The average molecular weight is 205 g/mol. The normalized spacial score (nSPS) is 21.0. The molecule has 78 valence electrons. The zero-order valence-corrected chi connectivity index (χ0v) is 8.13. The molecule has 0 bridgehead atoms. The third-order valence-electron chi connectivity index (χ3n) is 2.21. The molecule has 6 heteroatoms. The maximum atomic E-state index is 8.74. The number of nitrogens with two attached hydrogens (primary N) is 1. The van der Waals surface area contributed by atoms with Crippen LogP contribution in [0, 0.1) is 11.3 Å². The molecule has 1 unspecified atom stereocenters. The third-order valence-corrected chi connectivity index (χ3v) is 2.21. The maximum absolute atomic E-state index is 8.74. The van der Waals surface area contributed by atoms with Gasteiger partial charge in [0.2, 0.25) is 0 Å². The van der Waals surface area contributed by atoms with Crippen LogP contribution in [0.4, 0.5) is 11.6 Å². The summed E-state index contributed by atoms with van der Waals surface area (Å²) in [4.78, 5) is 1.96. The van der Waals surface area contributed by atoms with Crippen molar-refractivity contribution in [3.8, 4) is 6.07 Å². The van der Waals surface area contributed by atoms with E-state index in [1.165, 1.54) is 0 Å². The van der Waals surface area contributed by atoms with Gasteiger partial charge in [0, 0.05) is 6.54 Å². The highest BCUT2D eigenvalue weighted by Gasteiger charge is 2.20. The fraction of sp³-hybridized carbons (Fsp3) is 0.444. The van der Waals surface area contributed by atoms with Crippen LogP contribution in [0.1, 0.15) is 0 Å². The van der Waals surface area contributed by atoms with Gasteiger partial charge in [0.25, 0.3) is 0 Å². The van der Waals surface area contributed by atoms with Crippen molar-refractivity contribution in [3.05, 3.63) is 12.1 Å². The number of rotatable bonds is 1. The Bertz CT molecular complexity index is 371. The molecule has 2 N–H and O–H groups in total. The fourth-order valence-corrected chi connectivity index (χ4v) is 1.44. The van der Waals surface area contributed by atoms with Gasteiger partial charge in [0.15, 0.2) is 11.9 Å². The number of nitrogen functional groups attached to an aromatic ring is 1. The van der Waals surface area contributed by atoms with E-state index in [1.807, 2.05) is 4.90 Å². The second-order valence-electron chi connectivity index (χ2n) is 3.25. The summed E-state index contributed by atoms with van der Waals surface area (Å²) in [6.45, 7) is 1.77. The maximum Gasteiger partial charge on any atom is 0.161 e. The highest BCUT2D eigenvalue weighted by Crippen LogP contribution is 2.14. The average Bonchev–Trinajstić information content (AvgIpc) is 2.30. The second kappa shape index (κ2) is 4.11. The van der Waals surface area contributed by atoms with E-state index >= 15 is 0 Å². The zero-order chi connectivity index (χ0) is 10.7. The van der Waals surface area contributed by atoms with E-state index in [4.69, 9.17) is 15.7 Å². The highest BCUT2D eigenvalue weighted by atomic mass is 16.5. The Balaban J connectivity index is 2.10. The lowest BCUT2D eigenvalue weighted by Gasteiger charge is -2.30.